The largest absolute Gasteiger partial charge is 0.457 e. The van der Waals surface area contributed by atoms with Gasteiger partial charge < -0.3 is 42.6 Å². The van der Waals surface area contributed by atoms with Gasteiger partial charge in [-0.1, -0.05) is 54.4 Å². The first-order chi connectivity index (χ1) is 58.3. The Kier molecular flexibility index (Phi) is 8.55. The lowest BCUT2D eigenvalue weighted by Gasteiger charge is -2.07. The van der Waals surface area contributed by atoms with Crippen LogP contribution in [0.2, 0.25) is 0 Å². The van der Waals surface area contributed by atoms with E-state index in [1.165, 1.54) is 0 Å². The van der Waals surface area contributed by atoms with Gasteiger partial charge in [0.1, 0.15) is 11.5 Å². The van der Waals surface area contributed by atoms with Crippen molar-refractivity contribution in [3.05, 3.63) is 269 Å². The van der Waals surface area contributed by atoms with Gasteiger partial charge in [0, 0.05) is 11.1 Å². The molecule has 26 nitrogen and oxygen atoms in total. The van der Waals surface area contributed by atoms with Gasteiger partial charge in [-0.3, -0.25) is 4.79 Å². The molecule has 0 bridgehead atoms. The highest BCUT2D eigenvalue weighted by molar-refractivity contribution is 6.22. The van der Waals surface area contributed by atoms with Crippen LogP contribution in [0.1, 0.15) is 220 Å². The summed E-state index contributed by atoms with van der Waals surface area (Å²) in [6.07, 6.45) is 0. The average Bonchev–Trinajstić information content (AvgIpc) is 1.69. The molecule has 8 aliphatic heterocycles. The fourth-order valence-electron chi connectivity index (χ4n) is 8.81. The van der Waals surface area contributed by atoms with Crippen LogP contribution >= 0.6 is 0 Å². The molecule has 0 unspecified atom stereocenters. The van der Waals surface area contributed by atoms with E-state index < -0.39 is 416 Å². The lowest BCUT2D eigenvalue weighted by atomic mass is 9.95. The van der Waals surface area contributed by atoms with E-state index in [0.717, 1.165) is 0 Å². The van der Waals surface area contributed by atoms with E-state index in [2.05, 4.69) is 37.9 Å². The van der Waals surface area contributed by atoms with Crippen molar-refractivity contribution < 1.29 is 163 Å². The van der Waals surface area contributed by atoms with Crippen molar-refractivity contribution in [2.45, 2.75) is 0 Å². The third-order valence-electron chi connectivity index (χ3n) is 13.2. The monoisotopic (exact) mass is 1320 g/mol. The molecule has 0 N–H and O–H groups in total. The van der Waals surface area contributed by atoms with Crippen molar-refractivity contribution in [1.82, 2.24) is 0 Å². The highest BCUT2D eigenvalue weighted by Gasteiger charge is 2.37. The van der Waals surface area contributed by atoms with E-state index in [-0.39, 0.29) is 0 Å². The number of fused-ring (bicyclic) bond motifs is 8. The topological polar surface area (TPSA) is 373 Å². The molecule has 9 aromatic rings. The number of ketones is 1. The van der Waals surface area contributed by atoms with Crippen LogP contribution < -0.4 is 4.74 Å². The van der Waals surface area contributed by atoms with Gasteiger partial charge in [-0.25, -0.2) is 76.7 Å². The number of rotatable bonds is 7. The summed E-state index contributed by atoms with van der Waals surface area (Å²) in [6.45, 7) is 0. The highest BCUT2D eigenvalue weighted by Crippen LogP contribution is 2.36. The van der Waals surface area contributed by atoms with Crippen LogP contribution in [-0.4, -0.2) is 101 Å². The van der Waals surface area contributed by atoms with Crippen LogP contribution in [0.4, 0.5) is 0 Å². The molecule has 0 saturated carbocycles. The predicted molar refractivity (Wildman–Crippen MR) is 316 cm³/mol. The molecule has 0 atom stereocenters. The summed E-state index contributed by atoms with van der Waals surface area (Å²) in [5.41, 5.74) is -16.0. The van der Waals surface area contributed by atoms with Crippen LogP contribution in [0.5, 0.6) is 11.5 Å². The average molecular weight is 1330 g/mol. The maximum atomic E-state index is 13.1. The molecule has 0 radical (unpaired) electrons. The van der Waals surface area contributed by atoms with E-state index >= 15 is 0 Å². The molecule has 0 aromatic heterocycles. The number of hydrogen-bond donors (Lipinski definition) is 0. The van der Waals surface area contributed by atoms with Crippen LogP contribution in [0, 0.1) is 0 Å². The quantitative estimate of drug-likeness (QED) is 0.0620. The molecule has 97 heavy (non-hydrogen) atoms. The molecule has 26 heteroatoms. The van der Waals surface area contributed by atoms with Crippen molar-refractivity contribution in [3.63, 3.8) is 0 Å². The van der Waals surface area contributed by atoms with Gasteiger partial charge in [0.2, 0.25) is 0 Å². The Hall–Kier alpha value is -14.4. The minimum absolute atomic E-state index is 0.575. The van der Waals surface area contributed by atoms with E-state index in [1.807, 2.05) is 0 Å². The van der Waals surface area contributed by atoms with Gasteiger partial charge in [-0.15, -0.1) is 0 Å². The fourth-order valence-corrected chi connectivity index (χ4v) is 8.81. The van der Waals surface area contributed by atoms with Crippen molar-refractivity contribution >= 4 is 101 Å². The zero-order chi connectivity index (χ0) is 92.4. The van der Waals surface area contributed by atoms with Crippen molar-refractivity contribution in [3.8, 4) is 44.9 Å². The third kappa shape index (κ3) is 10.7. The SMILES string of the molecule is [2H]c1c([2H])c(-c2c([2H])c([2H])c3c(c2[2H])C(=O)OC3=O)c([2H])c(-c2c([2H])c([2H])c3c(c2[2H])C(=O)OC3=O)c1[2H].[2H]c1c([2H])c(-c2c([2H])c([2H])c3c(c2[2H])C(=O)OC3=O)c([2H])c2c1C(=O)OC2=O.[2H]c1c([2H])c2c(c([2H])c1C(=O)c1c([2H])c([2H])c3c(c1[2H])C(=O)OC3=O)C(=O)OC2=O.[2H]c1c([2H])c2c(c([2H])c1Oc1c([2H])c([2H])c3c(c1[2H])C(=O)OC3=O)C(=O)OC2=O. The normalized spacial score (nSPS) is 19.1. The predicted octanol–water partition coefficient (Wildman–Crippen LogP) is 9.26. The molecule has 0 amide bonds. The molecule has 8 aliphatic rings. The molecule has 468 valence electrons. The smallest absolute Gasteiger partial charge is 0.347 e. The van der Waals surface area contributed by atoms with Crippen molar-refractivity contribution in [1.29, 1.82) is 0 Å². The minimum atomic E-state index is -1.38. The standard InChI is InChI=1S/C22H10O6.C17H6O7.C16H6O7.C16H6O6/c23-19-15-6-4-13(9-17(15)21(25)27-19)11-2-1-3-12(8-11)14-5-7-16-18(10-14)22(26)28-20(16)24;18-13(7-1-3-9-11(5-7)16(21)23-14(9)19)8-2-4-10-12(6-8)17(22)24-15(10)20;17-13-9-3-1-7(5-11(9)15(19)22-13)21-8-2-4-10-12(6-8)16(20)23-14(10)18;17-13-9-3-1-7(5-11(9)15(19)21-13)8-2-4-10-12(6-8)16(20)22-14(10)18/h1-10H;1-6H;1-6H;1-6H/i1D,2D,3D,4D,5D,6D,7D,8D,9D,10D;3*1D,2D,3D,4D,5D,6D. The van der Waals surface area contributed by atoms with Crippen molar-refractivity contribution in [2.75, 3.05) is 0 Å². The summed E-state index contributed by atoms with van der Waals surface area (Å²) in [6, 6.07) is -23.6. The second-order valence-corrected chi connectivity index (χ2v) is 19.0. The molecule has 17 rings (SSSR count). The molecule has 0 spiro atoms. The number of benzene rings is 9. The molecule has 0 aliphatic carbocycles. The summed E-state index contributed by atoms with van der Waals surface area (Å²) in [5.74, 6) is -22.8. The zero-order valence-electron chi connectivity index (χ0n) is 74.1. The van der Waals surface area contributed by atoms with Gasteiger partial charge in [0.05, 0.1) is 127 Å². The van der Waals surface area contributed by atoms with Gasteiger partial charge in [0.25, 0.3) is 0 Å². The van der Waals surface area contributed by atoms with Gasteiger partial charge in [0.15, 0.2) is 5.78 Å². The Labute approximate surface area is 577 Å². The number of cyclic esters (lactones) is 16. The summed E-state index contributed by atoms with van der Waals surface area (Å²) in [5, 5.41) is 0. The number of carbonyl (C=O) groups is 17. The maximum absolute atomic E-state index is 13.1. The first-order valence-corrected chi connectivity index (χ1v) is 25.9. The van der Waals surface area contributed by atoms with Gasteiger partial charge in [-0.2, -0.15) is 0 Å². The summed E-state index contributed by atoms with van der Waals surface area (Å²) in [4.78, 5) is 203. The number of esters is 16. The summed E-state index contributed by atoms with van der Waals surface area (Å²) >= 11 is 0. The summed E-state index contributed by atoms with van der Waals surface area (Å²) in [7, 11) is 0. The Morgan fingerprint density at radius 2 is 0.412 bits per heavy atom. The van der Waals surface area contributed by atoms with Crippen LogP contribution in [0.15, 0.2) is 169 Å². The summed E-state index contributed by atoms with van der Waals surface area (Å²) < 4.78 is 268. The van der Waals surface area contributed by atoms with E-state index in [0.29, 0.717) is 0 Å². The maximum Gasteiger partial charge on any atom is 0.347 e. The second-order valence-electron chi connectivity index (χ2n) is 19.0. The lowest BCUT2D eigenvalue weighted by molar-refractivity contribution is 0.0425. The fraction of sp³-hybridized carbons (Fsp3) is 0. The van der Waals surface area contributed by atoms with E-state index in [1.54, 1.807) is 0 Å². The molecule has 8 heterocycles. The van der Waals surface area contributed by atoms with Crippen LogP contribution in [0.3, 0.4) is 0 Å². The molecule has 0 fully saturated rings. The third-order valence-corrected chi connectivity index (χ3v) is 13.2. The first-order valence-electron chi connectivity index (χ1n) is 39.9. The lowest BCUT2D eigenvalue weighted by Crippen LogP contribution is -2.05. The van der Waals surface area contributed by atoms with Crippen LogP contribution in [-0.2, 0) is 37.9 Å². The molecular formula is C71H28O26. The first kappa shape index (κ1) is 36.0. The zero-order valence-corrected chi connectivity index (χ0v) is 46.1. The van der Waals surface area contributed by atoms with Gasteiger partial charge in [-0.05, 0) is 148 Å². The Bertz CT molecular complexity index is 6710. The minimum Gasteiger partial charge on any atom is -0.457 e. The van der Waals surface area contributed by atoms with E-state index in [4.69, 9.17) is 43.1 Å². The Morgan fingerprint density at radius 3 is 0.670 bits per heavy atom. The van der Waals surface area contributed by atoms with Crippen LogP contribution in [0.25, 0.3) is 33.4 Å². The second kappa shape index (κ2) is 23.0. The molecule has 9 aromatic carbocycles. The number of carbonyl (C=O) groups excluding carboxylic acids is 17. The van der Waals surface area contributed by atoms with Crippen molar-refractivity contribution in [2.24, 2.45) is 0 Å². The Balaban J connectivity index is 0.000000136. The van der Waals surface area contributed by atoms with E-state index in [9.17, 15) is 81.5 Å². The number of ether oxygens (including phenoxy) is 9. The molecule has 0 saturated heterocycles. The van der Waals surface area contributed by atoms with Gasteiger partial charge >= 0.3 is 95.5 Å². The molecular weight excluding hydrogens is 1270 g/mol. The number of hydrogen-bond acceptors (Lipinski definition) is 26. The highest BCUT2D eigenvalue weighted by atomic mass is 16.6. The Morgan fingerprint density at radius 1 is 0.216 bits per heavy atom.